The Labute approximate surface area is 104 Å². The Balaban J connectivity index is 2.06. The summed E-state index contributed by atoms with van der Waals surface area (Å²) in [6.45, 7) is 0. The zero-order chi connectivity index (χ0) is 13.2. The number of halogens is 3. The molecule has 5 heteroatoms. The van der Waals surface area contributed by atoms with Crippen molar-refractivity contribution in [2.24, 2.45) is 5.73 Å². The van der Waals surface area contributed by atoms with Crippen LogP contribution in [0.4, 0.5) is 13.2 Å². The van der Waals surface area contributed by atoms with Gasteiger partial charge in [0.25, 0.3) is 0 Å². The largest absolute Gasteiger partial charge is 0.473 e. The number of hydrogen-bond donors (Lipinski definition) is 1. The minimum Gasteiger partial charge on any atom is -0.473 e. The number of ether oxygens (including phenoxy) is 1. The maximum atomic E-state index is 12.4. The third kappa shape index (κ3) is 3.16. The third-order valence-electron chi connectivity index (χ3n) is 3.20. The fraction of sp³-hybridized carbons (Fsp3) is 0.538. The molecule has 0 radical (unpaired) electrons. The van der Waals surface area contributed by atoms with Crippen molar-refractivity contribution in [2.75, 3.05) is 0 Å². The van der Waals surface area contributed by atoms with Gasteiger partial charge in [0, 0.05) is 12.8 Å². The Kier molecular flexibility index (Phi) is 3.52. The van der Waals surface area contributed by atoms with Gasteiger partial charge in [0.1, 0.15) is 5.75 Å². The summed E-state index contributed by atoms with van der Waals surface area (Å²) in [5.41, 5.74) is 4.67. The van der Waals surface area contributed by atoms with E-state index in [1.54, 1.807) is 0 Å². The maximum absolute atomic E-state index is 12.4. The molecule has 0 saturated heterocycles. The van der Waals surface area contributed by atoms with E-state index in [0.29, 0.717) is 5.75 Å². The molecule has 0 spiro atoms. The molecule has 0 heterocycles. The molecule has 1 aliphatic rings. The molecule has 2 nitrogen and oxygen atoms in total. The molecule has 0 unspecified atom stereocenters. The molecule has 1 aromatic rings. The summed E-state index contributed by atoms with van der Waals surface area (Å²) in [5, 5.41) is 0. The molecular formula is C13H16F3NO. The van der Waals surface area contributed by atoms with Crippen LogP contribution >= 0.6 is 0 Å². The molecule has 0 bridgehead atoms. The topological polar surface area (TPSA) is 35.2 Å². The summed E-state index contributed by atoms with van der Waals surface area (Å²) in [7, 11) is 0. The summed E-state index contributed by atoms with van der Waals surface area (Å²) in [5.74, 6) is 0.396. The van der Waals surface area contributed by atoms with Crippen molar-refractivity contribution in [1.29, 1.82) is 0 Å². The molecule has 2 rings (SSSR count). The summed E-state index contributed by atoms with van der Waals surface area (Å²) in [4.78, 5) is 0. The van der Waals surface area contributed by atoms with E-state index in [1.165, 1.54) is 12.1 Å². The molecule has 0 atom stereocenters. The summed E-state index contributed by atoms with van der Waals surface area (Å²) < 4.78 is 42.8. The molecule has 1 aliphatic carbocycles. The predicted octanol–water partition coefficient (Wildman–Crippen LogP) is 3.70. The highest BCUT2D eigenvalue weighted by atomic mass is 19.4. The second kappa shape index (κ2) is 4.80. The smallest absolute Gasteiger partial charge is 0.416 e. The second-order valence-electron chi connectivity index (χ2n) is 4.75. The summed E-state index contributed by atoms with van der Waals surface area (Å²) in [6, 6.07) is 4.68. The van der Waals surface area contributed by atoms with Gasteiger partial charge >= 0.3 is 6.18 Å². The lowest BCUT2D eigenvalue weighted by molar-refractivity contribution is -0.137. The molecule has 1 saturated carbocycles. The van der Waals surface area contributed by atoms with Gasteiger partial charge in [0.15, 0.2) is 5.72 Å². The van der Waals surface area contributed by atoms with Gasteiger partial charge in [0.05, 0.1) is 5.56 Å². The first-order valence-electron chi connectivity index (χ1n) is 6.04. The maximum Gasteiger partial charge on any atom is 0.416 e. The Bertz CT molecular complexity index is 394. The molecule has 0 amide bonds. The molecule has 100 valence electrons. The lowest BCUT2D eigenvalue weighted by Crippen LogP contribution is -2.47. The van der Waals surface area contributed by atoms with Gasteiger partial charge in [-0.15, -0.1) is 0 Å². The van der Waals surface area contributed by atoms with Crippen molar-refractivity contribution in [2.45, 2.75) is 44.0 Å². The number of hydrogen-bond acceptors (Lipinski definition) is 2. The van der Waals surface area contributed by atoms with Gasteiger partial charge < -0.3 is 4.74 Å². The van der Waals surface area contributed by atoms with Crippen LogP contribution in [0.1, 0.15) is 37.7 Å². The third-order valence-corrected chi connectivity index (χ3v) is 3.20. The molecule has 1 aromatic carbocycles. The van der Waals surface area contributed by atoms with Crippen molar-refractivity contribution in [1.82, 2.24) is 0 Å². The van der Waals surface area contributed by atoms with Crippen LogP contribution < -0.4 is 10.5 Å². The Morgan fingerprint density at radius 3 is 2.06 bits per heavy atom. The van der Waals surface area contributed by atoms with Gasteiger partial charge in [-0.2, -0.15) is 13.2 Å². The average Bonchev–Trinajstić information content (AvgIpc) is 2.29. The normalized spacial score (nSPS) is 19.6. The second-order valence-corrected chi connectivity index (χ2v) is 4.75. The monoisotopic (exact) mass is 259 g/mol. The fourth-order valence-electron chi connectivity index (χ4n) is 2.20. The van der Waals surface area contributed by atoms with E-state index >= 15 is 0 Å². The molecular weight excluding hydrogens is 243 g/mol. The molecule has 0 aliphatic heterocycles. The van der Waals surface area contributed by atoms with E-state index < -0.39 is 17.5 Å². The lowest BCUT2D eigenvalue weighted by Gasteiger charge is -2.33. The quantitative estimate of drug-likeness (QED) is 0.822. The standard InChI is InChI=1S/C13H16F3NO/c14-13(15,16)10-4-6-11(7-5-10)18-12(17)8-2-1-3-9-12/h4-7H,1-3,8-9,17H2. The van der Waals surface area contributed by atoms with Crippen LogP contribution in [0.2, 0.25) is 0 Å². The van der Waals surface area contributed by atoms with Crippen molar-refractivity contribution in [3.63, 3.8) is 0 Å². The van der Waals surface area contributed by atoms with E-state index in [-0.39, 0.29) is 0 Å². The van der Waals surface area contributed by atoms with Gasteiger partial charge in [-0.05, 0) is 37.1 Å². The first kappa shape index (κ1) is 13.2. The lowest BCUT2D eigenvalue weighted by atomic mass is 9.92. The Morgan fingerprint density at radius 1 is 1.00 bits per heavy atom. The van der Waals surface area contributed by atoms with E-state index in [0.717, 1.165) is 44.2 Å². The van der Waals surface area contributed by atoms with Crippen LogP contribution in [-0.4, -0.2) is 5.72 Å². The van der Waals surface area contributed by atoms with Crippen molar-refractivity contribution >= 4 is 0 Å². The van der Waals surface area contributed by atoms with Crippen LogP contribution in [0, 0.1) is 0 Å². The Morgan fingerprint density at radius 2 is 1.56 bits per heavy atom. The molecule has 2 N–H and O–H groups in total. The van der Waals surface area contributed by atoms with Crippen molar-refractivity contribution in [3.05, 3.63) is 29.8 Å². The molecule has 18 heavy (non-hydrogen) atoms. The van der Waals surface area contributed by atoms with Crippen LogP contribution in [-0.2, 0) is 6.18 Å². The minimum absolute atomic E-state index is 0.396. The molecule has 0 aromatic heterocycles. The van der Waals surface area contributed by atoms with Crippen LogP contribution in [0.15, 0.2) is 24.3 Å². The Hall–Kier alpha value is -1.23. The van der Waals surface area contributed by atoms with Crippen molar-refractivity contribution in [3.8, 4) is 5.75 Å². The predicted molar refractivity (Wildman–Crippen MR) is 62.1 cm³/mol. The highest BCUT2D eigenvalue weighted by Crippen LogP contribution is 2.32. The van der Waals surface area contributed by atoms with Gasteiger partial charge in [-0.1, -0.05) is 6.42 Å². The van der Waals surface area contributed by atoms with E-state index in [1.807, 2.05) is 0 Å². The van der Waals surface area contributed by atoms with Crippen molar-refractivity contribution < 1.29 is 17.9 Å². The highest BCUT2D eigenvalue weighted by Gasteiger charge is 2.32. The van der Waals surface area contributed by atoms with E-state index in [2.05, 4.69) is 0 Å². The van der Waals surface area contributed by atoms with E-state index in [9.17, 15) is 13.2 Å². The number of nitrogens with two attached hydrogens (primary N) is 1. The van der Waals surface area contributed by atoms with Gasteiger partial charge in [-0.25, -0.2) is 0 Å². The number of benzene rings is 1. The van der Waals surface area contributed by atoms with Gasteiger partial charge in [-0.3, -0.25) is 5.73 Å². The van der Waals surface area contributed by atoms with Crippen LogP contribution in [0.25, 0.3) is 0 Å². The summed E-state index contributed by atoms with van der Waals surface area (Å²) >= 11 is 0. The highest BCUT2D eigenvalue weighted by molar-refractivity contribution is 5.29. The fourth-order valence-corrected chi connectivity index (χ4v) is 2.20. The summed E-state index contributed by atoms with van der Waals surface area (Å²) in [6.07, 6.45) is 0.301. The SMILES string of the molecule is NC1(Oc2ccc(C(F)(F)F)cc2)CCCCC1. The first-order chi connectivity index (χ1) is 8.39. The van der Waals surface area contributed by atoms with Crippen LogP contribution in [0.5, 0.6) is 5.75 Å². The number of rotatable bonds is 2. The first-order valence-corrected chi connectivity index (χ1v) is 6.04. The molecule has 1 fully saturated rings. The zero-order valence-corrected chi connectivity index (χ0v) is 9.96. The minimum atomic E-state index is -4.32. The van der Waals surface area contributed by atoms with E-state index in [4.69, 9.17) is 10.5 Å². The van der Waals surface area contributed by atoms with Crippen LogP contribution in [0.3, 0.4) is 0 Å². The average molecular weight is 259 g/mol. The zero-order valence-electron chi connectivity index (χ0n) is 9.96. The number of alkyl halides is 3. The van der Waals surface area contributed by atoms with Gasteiger partial charge in [0.2, 0.25) is 0 Å².